The molecular weight excluding hydrogens is 240 g/mol. The van der Waals surface area contributed by atoms with Crippen LogP contribution in [0.1, 0.15) is 53.6 Å². The molecule has 0 radical (unpaired) electrons. The zero-order valence-electron chi connectivity index (χ0n) is 11.1. The van der Waals surface area contributed by atoms with Crippen molar-refractivity contribution in [2.75, 3.05) is 0 Å². The number of hydrogen-bond acceptors (Lipinski definition) is 3. The van der Waals surface area contributed by atoms with Gasteiger partial charge in [0.15, 0.2) is 0 Å². The Hall–Kier alpha value is -0.410. The van der Waals surface area contributed by atoms with Gasteiger partial charge in [-0.15, -0.1) is 11.3 Å². The van der Waals surface area contributed by atoms with Crippen molar-refractivity contribution in [2.45, 2.75) is 51.5 Å². The van der Waals surface area contributed by atoms with Gasteiger partial charge < -0.3 is 5.73 Å². The van der Waals surface area contributed by atoms with Crippen LogP contribution in [-0.4, -0.2) is 4.98 Å². The molecule has 4 saturated carbocycles. The molecule has 0 atom stereocenters. The lowest BCUT2D eigenvalue weighted by Crippen LogP contribution is -2.43. The first-order chi connectivity index (χ1) is 8.74. The lowest BCUT2D eigenvalue weighted by molar-refractivity contribution is -0.00186. The molecule has 0 saturated heterocycles. The predicted octanol–water partition coefficient (Wildman–Crippen LogP) is 3.45. The van der Waals surface area contributed by atoms with E-state index in [0.29, 0.717) is 6.54 Å². The molecular formula is C15H22N2S. The van der Waals surface area contributed by atoms with Crippen molar-refractivity contribution in [1.82, 2.24) is 4.98 Å². The quantitative estimate of drug-likeness (QED) is 0.886. The second kappa shape index (κ2) is 4.04. The number of thiazole rings is 1. The summed E-state index contributed by atoms with van der Waals surface area (Å²) in [6, 6.07) is 0. The molecule has 0 aromatic carbocycles. The highest BCUT2D eigenvalue weighted by atomic mass is 32.1. The summed E-state index contributed by atoms with van der Waals surface area (Å²) < 4.78 is 0. The molecule has 4 bridgehead atoms. The summed E-state index contributed by atoms with van der Waals surface area (Å²) in [6.45, 7) is 2.80. The smallest absolute Gasteiger partial charge is 0.107 e. The first-order valence-corrected chi connectivity index (χ1v) is 8.22. The van der Waals surface area contributed by atoms with Gasteiger partial charge in [0.1, 0.15) is 5.01 Å². The number of hydrogen-bond donors (Lipinski definition) is 1. The van der Waals surface area contributed by atoms with Crippen molar-refractivity contribution >= 4 is 11.3 Å². The molecule has 3 heteroatoms. The summed E-state index contributed by atoms with van der Waals surface area (Å²) in [5, 5.41) is 1.14. The van der Waals surface area contributed by atoms with Gasteiger partial charge >= 0.3 is 0 Å². The van der Waals surface area contributed by atoms with Gasteiger partial charge in [-0.25, -0.2) is 4.98 Å². The Balaban J connectivity index is 1.69. The third kappa shape index (κ3) is 1.60. The molecule has 0 aliphatic heterocycles. The monoisotopic (exact) mass is 262 g/mol. The van der Waals surface area contributed by atoms with Gasteiger partial charge in [0.25, 0.3) is 0 Å². The Morgan fingerprint density at radius 1 is 1.11 bits per heavy atom. The van der Waals surface area contributed by atoms with E-state index in [4.69, 9.17) is 5.73 Å². The van der Waals surface area contributed by atoms with E-state index in [1.165, 1.54) is 37.8 Å². The van der Waals surface area contributed by atoms with Gasteiger partial charge in [-0.2, -0.15) is 0 Å². The second-order valence-corrected chi connectivity index (χ2v) is 7.83. The van der Waals surface area contributed by atoms with Crippen LogP contribution in [0.2, 0.25) is 0 Å². The Morgan fingerprint density at radius 3 is 2.22 bits per heavy atom. The largest absolute Gasteiger partial charge is 0.325 e. The molecule has 1 heterocycles. The van der Waals surface area contributed by atoms with E-state index >= 15 is 0 Å². The van der Waals surface area contributed by atoms with Crippen LogP contribution in [0.4, 0.5) is 0 Å². The summed E-state index contributed by atoms with van der Waals surface area (Å²) in [6.07, 6.45) is 7.51. The third-order valence-corrected chi connectivity index (χ3v) is 6.86. The summed E-state index contributed by atoms with van der Waals surface area (Å²) in [7, 11) is 0. The average Bonchev–Trinajstić information content (AvgIpc) is 2.69. The summed E-state index contributed by atoms with van der Waals surface area (Å²) in [5.41, 5.74) is 7.03. The zero-order valence-corrected chi connectivity index (χ0v) is 11.9. The van der Waals surface area contributed by atoms with Crippen molar-refractivity contribution < 1.29 is 0 Å². The molecule has 2 N–H and O–H groups in total. The maximum atomic E-state index is 5.75. The fourth-order valence-corrected chi connectivity index (χ4v) is 6.45. The minimum absolute atomic E-state index is 0.610. The minimum atomic E-state index is 0.610. The molecule has 4 aliphatic rings. The predicted molar refractivity (Wildman–Crippen MR) is 74.5 cm³/mol. The number of aromatic nitrogens is 1. The van der Waals surface area contributed by atoms with Crippen LogP contribution in [0.3, 0.4) is 0 Å². The van der Waals surface area contributed by atoms with Crippen LogP contribution in [0, 0.1) is 30.6 Å². The van der Waals surface area contributed by atoms with E-state index in [0.717, 1.165) is 34.6 Å². The van der Waals surface area contributed by atoms with E-state index < -0.39 is 0 Å². The Morgan fingerprint density at radius 2 is 1.72 bits per heavy atom. The minimum Gasteiger partial charge on any atom is -0.325 e. The lowest BCUT2D eigenvalue weighted by atomic mass is 9.51. The van der Waals surface area contributed by atoms with Crippen LogP contribution in [0.5, 0.6) is 0 Å². The maximum Gasteiger partial charge on any atom is 0.107 e. The maximum absolute atomic E-state index is 5.75. The third-order valence-electron chi connectivity index (χ3n) is 5.58. The second-order valence-electron chi connectivity index (χ2n) is 6.72. The zero-order chi connectivity index (χ0) is 12.3. The number of rotatable bonds is 2. The molecule has 98 valence electrons. The van der Waals surface area contributed by atoms with E-state index in [9.17, 15) is 0 Å². The van der Waals surface area contributed by atoms with Crippen LogP contribution >= 0.6 is 11.3 Å². The Kier molecular flexibility index (Phi) is 2.56. The average molecular weight is 262 g/mol. The molecule has 0 spiro atoms. The highest BCUT2D eigenvalue weighted by Crippen LogP contribution is 2.60. The summed E-state index contributed by atoms with van der Waals surface area (Å²) in [4.78, 5) is 6.24. The first kappa shape index (κ1) is 11.4. The van der Waals surface area contributed by atoms with Gasteiger partial charge in [-0.05, 0) is 62.7 Å². The van der Waals surface area contributed by atoms with Crippen molar-refractivity contribution in [1.29, 1.82) is 0 Å². The van der Waals surface area contributed by atoms with Gasteiger partial charge in [-0.1, -0.05) is 0 Å². The molecule has 4 aliphatic carbocycles. The number of aryl methyl sites for hydroxylation is 1. The summed E-state index contributed by atoms with van der Waals surface area (Å²) >= 11 is 1.90. The summed E-state index contributed by atoms with van der Waals surface area (Å²) in [5.74, 6) is 4.88. The van der Waals surface area contributed by atoms with E-state index in [2.05, 4.69) is 11.9 Å². The first-order valence-electron chi connectivity index (χ1n) is 7.41. The van der Waals surface area contributed by atoms with Crippen LogP contribution in [0.15, 0.2) is 0 Å². The Bertz CT molecular complexity index is 437. The SMILES string of the molecule is Cc1nc(CN)sc1C1C2CC3CC(C2)CC1C3. The number of nitrogens with two attached hydrogens (primary N) is 1. The fourth-order valence-electron chi connectivity index (χ4n) is 5.22. The van der Waals surface area contributed by atoms with Crippen LogP contribution < -0.4 is 5.73 Å². The van der Waals surface area contributed by atoms with E-state index in [1.54, 1.807) is 4.88 Å². The Labute approximate surface area is 113 Å². The van der Waals surface area contributed by atoms with Gasteiger partial charge in [0.05, 0.1) is 5.69 Å². The molecule has 4 fully saturated rings. The fraction of sp³-hybridized carbons (Fsp3) is 0.800. The highest BCUT2D eigenvalue weighted by Gasteiger charge is 2.49. The lowest BCUT2D eigenvalue weighted by Gasteiger charge is -2.54. The normalized spacial score (nSPS) is 41.6. The van der Waals surface area contributed by atoms with Gasteiger partial charge in [-0.3, -0.25) is 0 Å². The van der Waals surface area contributed by atoms with Crippen LogP contribution in [-0.2, 0) is 6.54 Å². The van der Waals surface area contributed by atoms with E-state index in [1.807, 2.05) is 11.3 Å². The topological polar surface area (TPSA) is 38.9 Å². The van der Waals surface area contributed by atoms with E-state index in [-0.39, 0.29) is 0 Å². The van der Waals surface area contributed by atoms with Crippen molar-refractivity contribution in [3.8, 4) is 0 Å². The molecule has 2 nitrogen and oxygen atoms in total. The van der Waals surface area contributed by atoms with Crippen LogP contribution in [0.25, 0.3) is 0 Å². The van der Waals surface area contributed by atoms with Gasteiger partial charge in [0, 0.05) is 17.3 Å². The highest BCUT2D eigenvalue weighted by molar-refractivity contribution is 7.11. The van der Waals surface area contributed by atoms with Crippen molar-refractivity contribution in [3.63, 3.8) is 0 Å². The van der Waals surface area contributed by atoms with Gasteiger partial charge in [0.2, 0.25) is 0 Å². The molecule has 1 aromatic rings. The number of nitrogens with zero attached hydrogens (tertiary/aromatic N) is 1. The molecule has 18 heavy (non-hydrogen) atoms. The molecule has 1 aromatic heterocycles. The standard InChI is InChI=1S/C15H22N2S/c1-8-15(18-13(7-16)17-8)14-11-3-9-2-10(5-11)6-12(14)4-9/h9-12,14H,2-7,16H2,1H3. The molecule has 0 unspecified atom stereocenters. The van der Waals surface area contributed by atoms with Crippen molar-refractivity contribution in [3.05, 3.63) is 15.6 Å². The van der Waals surface area contributed by atoms with Crippen molar-refractivity contribution in [2.24, 2.45) is 29.4 Å². The molecule has 5 rings (SSSR count). The molecule has 0 amide bonds.